The molecule has 0 saturated carbocycles. The summed E-state index contributed by atoms with van der Waals surface area (Å²) in [7, 11) is -3.14. The second-order valence-electron chi connectivity index (χ2n) is 3.89. The summed E-state index contributed by atoms with van der Waals surface area (Å²) in [5.41, 5.74) is 2.89. The standard InChI is InChI=1S/C12H15N3O2S/c1-2-18(16,17)14-9-10-3-5-11(6-4-10)12-7-8-13-15-12/h3-8,14H,2,9H2,1H3,(H,13,15). The Morgan fingerprint density at radius 1 is 1.22 bits per heavy atom. The van der Waals surface area contributed by atoms with Crippen LogP contribution in [0.15, 0.2) is 36.5 Å². The Labute approximate surface area is 106 Å². The minimum Gasteiger partial charge on any atom is -0.278 e. The van der Waals surface area contributed by atoms with Crippen molar-refractivity contribution < 1.29 is 8.42 Å². The summed E-state index contributed by atoms with van der Waals surface area (Å²) in [6.07, 6.45) is 1.69. The average molecular weight is 265 g/mol. The molecule has 0 amide bonds. The van der Waals surface area contributed by atoms with Gasteiger partial charge in [0.15, 0.2) is 0 Å². The first kappa shape index (κ1) is 12.8. The third kappa shape index (κ3) is 3.18. The zero-order valence-electron chi connectivity index (χ0n) is 10.1. The van der Waals surface area contributed by atoms with E-state index in [9.17, 15) is 8.42 Å². The van der Waals surface area contributed by atoms with Gasteiger partial charge in [0, 0.05) is 12.7 Å². The molecular formula is C12H15N3O2S. The molecule has 0 atom stereocenters. The van der Waals surface area contributed by atoms with Crippen LogP contribution in [0, 0.1) is 0 Å². The van der Waals surface area contributed by atoms with E-state index < -0.39 is 10.0 Å². The Kier molecular flexibility index (Phi) is 3.78. The summed E-state index contributed by atoms with van der Waals surface area (Å²) in [5, 5.41) is 6.76. The zero-order valence-corrected chi connectivity index (χ0v) is 10.9. The van der Waals surface area contributed by atoms with Crippen molar-refractivity contribution in [3.8, 4) is 11.3 Å². The Bertz CT molecular complexity index is 589. The molecule has 0 bridgehead atoms. The van der Waals surface area contributed by atoms with Gasteiger partial charge in [-0.2, -0.15) is 5.10 Å². The van der Waals surface area contributed by atoms with Crippen molar-refractivity contribution in [1.29, 1.82) is 0 Å². The van der Waals surface area contributed by atoms with Crippen LogP contribution in [0.4, 0.5) is 0 Å². The maximum Gasteiger partial charge on any atom is 0.211 e. The molecule has 0 radical (unpaired) electrons. The van der Waals surface area contributed by atoms with Crippen LogP contribution in [-0.2, 0) is 16.6 Å². The van der Waals surface area contributed by atoms with E-state index in [-0.39, 0.29) is 5.75 Å². The topological polar surface area (TPSA) is 74.8 Å². The Hall–Kier alpha value is -1.66. The largest absolute Gasteiger partial charge is 0.278 e. The highest BCUT2D eigenvalue weighted by molar-refractivity contribution is 7.89. The molecule has 18 heavy (non-hydrogen) atoms. The minimum atomic E-state index is -3.14. The van der Waals surface area contributed by atoms with Gasteiger partial charge in [-0.3, -0.25) is 5.10 Å². The Morgan fingerprint density at radius 3 is 2.50 bits per heavy atom. The highest BCUT2D eigenvalue weighted by atomic mass is 32.2. The van der Waals surface area contributed by atoms with Gasteiger partial charge in [0.25, 0.3) is 0 Å². The van der Waals surface area contributed by atoms with Gasteiger partial charge >= 0.3 is 0 Å². The average Bonchev–Trinajstić information content (AvgIpc) is 2.91. The zero-order chi connectivity index (χ0) is 13.0. The van der Waals surface area contributed by atoms with E-state index in [0.29, 0.717) is 6.54 Å². The molecule has 0 spiro atoms. The first-order valence-electron chi connectivity index (χ1n) is 5.67. The van der Waals surface area contributed by atoms with Crippen molar-refractivity contribution in [3.05, 3.63) is 42.1 Å². The van der Waals surface area contributed by atoms with Crippen LogP contribution in [0.1, 0.15) is 12.5 Å². The lowest BCUT2D eigenvalue weighted by Gasteiger charge is -2.05. The fourth-order valence-electron chi connectivity index (χ4n) is 1.51. The second kappa shape index (κ2) is 5.32. The van der Waals surface area contributed by atoms with Crippen LogP contribution in [-0.4, -0.2) is 24.4 Å². The first-order valence-corrected chi connectivity index (χ1v) is 7.32. The summed E-state index contributed by atoms with van der Waals surface area (Å²) >= 11 is 0. The van der Waals surface area contributed by atoms with Crippen LogP contribution >= 0.6 is 0 Å². The molecule has 0 unspecified atom stereocenters. The number of benzene rings is 1. The molecule has 2 aromatic rings. The van der Waals surface area contributed by atoms with Gasteiger partial charge in [-0.25, -0.2) is 13.1 Å². The molecule has 0 aliphatic heterocycles. The summed E-state index contributed by atoms with van der Waals surface area (Å²) in [6.45, 7) is 1.93. The highest BCUT2D eigenvalue weighted by Crippen LogP contribution is 2.16. The monoisotopic (exact) mass is 265 g/mol. The molecule has 96 valence electrons. The van der Waals surface area contributed by atoms with Gasteiger partial charge in [0.1, 0.15) is 0 Å². The molecule has 1 aromatic carbocycles. The first-order chi connectivity index (χ1) is 8.61. The van der Waals surface area contributed by atoms with Gasteiger partial charge in [-0.05, 0) is 24.1 Å². The smallest absolute Gasteiger partial charge is 0.211 e. The van der Waals surface area contributed by atoms with Crippen molar-refractivity contribution in [2.45, 2.75) is 13.5 Å². The van der Waals surface area contributed by atoms with Crippen LogP contribution in [0.2, 0.25) is 0 Å². The maximum absolute atomic E-state index is 11.3. The minimum absolute atomic E-state index is 0.0965. The van der Waals surface area contributed by atoms with E-state index in [1.54, 1.807) is 13.1 Å². The van der Waals surface area contributed by atoms with Gasteiger partial charge in [-0.1, -0.05) is 24.3 Å². The summed E-state index contributed by atoms with van der Waals surface area (Å²) in [4.78, 5) is 0. The van der Waals surface area contributed by atoms with Gasteiger partial charge in [0.05, 0.1) is 11.4 Å². The van der Waals surface area contributed by atoms with E-state index >= 15 is 0 Å². The number of hydrogen-bond donors (Lipinski definition) is 2. The summed E-state index contributed by atoms with van der Waals surface area (Å²) in [6, 6.07) is 9.55. The SMILES string of the molecule is CCS(=O)(=O)NCc1ccc(-c2ccn[nH]2)cc1. The fraction of sp³-hybridized carbons (Fsp3) is 0.250. The van der Waals surface area contributed by atoms with E-state index in [0.717, 1.165) is 16.8 Å². The molecule has 0 fully saturated rings. The number of H-pyrrole nitrogens is 1. The molecule has 1 aromatic heterocycles. The molecule has 5 nitrogen and oxygen atoms in total. The number of aromatic amines is 1. The Morgan fingerprint density at radius 2 is 1.94 bits per heavy atom. The van der Waals surface area contributed by atoms with Crippen LogP contribution < -0.4 is 4.72 Å². The molecule has 0 aliphatic rings. The van der Waals surface area contributed by atoms with Gasteiger partial charge < -0.3 is 0 Å². The fourth-order valence-corrected chi connectivity index (χ4v) is 2.10. The van der Waals surface area contributed by atoms with Crippen molar-refractivity contribution in [2.75, 3.05) is 5.75 Å². The van der Waals surface area contributed by atoms with Crippen LogP contribution in [0.3, 0.4) is 0 Å². The van der Waals surface area contributed by atoms with Gasteiger partial charge in [0.2, 0.25) is 10.0 Å². The predicted molar refractivity (Wildman–Crippen MR) is 70.3 cm³/mol. The van der Waals surface area contributed by atoms with Crippen LogP contribution in [0.5, 0.6) is 0 Å². The van der Waals surface area contributed by atoms with Crippen molar-refractivity contribution >= 4 is 10.0 Å². The summed E-state index contributed by atoms with van der Waals surface area (Å²) in [5.74, 6) is 0.0965. The molecule has 2 rings (SSSR count). The normalized spacial score (nSPS) is 11.6. The van der Waals surface area contributed by atoms with E-state index in [1.807, 2.05) is 30.3 Å². The lowest BCUT2D eigenvalue weighted by Crippen LogP contribution is -2.24. The number of nitrogens with one attached hydrogen (secondary N) is 2. The third-order valence-electron chi connectivity index (χ3n) is 2.64. The quantitative estimate of drug-likeness (QED) is 0.860. The van der Waals surface area contributed by atoms with E-state index in [4.69, 9.17) is 0 Å². The van der Waals surface area contributed by atoms with E-state index in [2.05, 4.69) is 14.9 Å². The predicted octanol–water partition coefficient (Wildman–Crippen LogP) is 1.52. The number of nitrogens with zero attached hydrogens (tertiary/aromatic N) is 1. The lowest BCUT2D eigenvalue weighted by molar-refractivity contribution is 0.582. The molecule has 2 N–H and O–H groups in total. The van der Waals surface area contributed by atoms with Gasteiger partial charge in [-0.15, -0.1) is 0 Å². The molecular weight excluding hydrogens is 250 g/mol. The van der Waals surface area contributed by atoms with Crippen molar-refractivity contribution in [3.63, 3.8) is 0 Å². The second-order valence-corrected chi connectivity index (χ2v) is 5.99. The number of hydrogen-bond acceptors (Lipinski definition) is 3. The molecule has 0 saturated heterocycles. The molecule has 0 aliphatic carbocycles. The third-order valence-corrected chi connectivity index (χ3v) is 3.99. The Balaban J connectivity index is 2.05. The maximum atomic E-state index is 11.3. The lowest BCUT2D eigenvalue weighted by atomic mass is 10.1. The van der Waals surface area contributed by atoms with E-state index in [1.165, 1.54) is 0 Å². The molecule has 6 heteroatoms. The highest BCUT2D eigenvalue weighted by Gasteiger charge is 2.06. The summed E-state index contributed by atoms with van der Waals surface area (Å²) < 4.78 is 25.1. The van der Waals surface area contributed by atoms with Crippen LogP contribution in [0.25, 0.3) is 11.3 Å². The van der Waals surface area contributed by atoms with Crippen molar-refractivity contribution in [1.82, 2.24) is 14.9 Å². The number of aromatic nitrogens is 2. The van der Waals surface area contributed by atoms with Crippen molar-refractivity contribution in [2.24, 2.45) is 0 Å². The number of sulfonamides is 1. The number of rotatable bonds is 5. The molecule has 1 heterocycles.